The van der Waals surface area contributed by atoms with E-state index in [2.05, 4.69) is 15.5 Å². The van der Waals surface area contributed by atoms with Gasteiger partial charge in [0.15, 0.2) is 5.82 Å². The highest BCUT2D eigenvalue weighted by molar-refractivity contribution is 7.19. The minimum absolute atomic E-state index is 0.226. The molecule has 3 heterocycles. The second-order valence-electron chi connectivity index (χ2n) is 4.96. The van der Waals surface area contributed by atoms with Crippen LogP contribution in [0.25, 0.3) is 10.7 Å². The number of aromatic nitrogens is 4. The molecule has 1 fully saturated rings. The molecule has 2 aromatic rings. The zero-order valence-electron chi connectivity index (χ0n) is 11.0. The van der Waals surface area contributed by atoms with E-state index in [0.717, 1.165) is 4.88 Å². The molecule has 9 heteroatoms. The highest BCUT2D eigenvalue weighted by Gasteiger charge is 2.41. The summed E-state index contributed by atoms with van der Waals surface area (Å²) < 4.78 is 7.45. The summed E-state index contributed by atoms with van der Waals surface area (Å²) in [7, 11) is 0. The third-order valence-electron chi connectivity index (χ3n) is 3.68. The Hall–Kier alpha value is -1.51. The van der Waals surface area contributed by atoms with Gasteiger partial charge in [0.05, 0.1) is 21.2 Å². The number of carboxylic acids is 1. The Morgan fingerprint density at radius 2 is 2.24 bits per heavy atom. The summed E-state index contributed by atoms with van der Waals surface area (Å²) >= 11 is 7.29. The quantitative estimate of drug-likeness (QED) is 0.922. The molecule has 112 valence electrons. The molecular weight excluding hydrogens is 316 g/mol. The van der Waals surface area contributed by atoms with Crippen LogP contribution in [-0.2, 0) is 16.1 Å². The third kappa shape index (κ3) is 2.78. The van der Waals surface area contributed by atoms with Crippen molar-refractivity contribution in [2.75, 3.05) is 13.2 Å². The van der Waals surface area contributed by atoms with Gasteiger partial charge in [0.2, 0.25) is 0 Å². The molecule has 2 aromatic heterocycles. The van der Waals surface area contributed by atoms with Crippen LogP contribution in [0.15, 0.2) is 12.1 Å². The number of carbonyl (C=O) groups is 1. The topological polar surface area (TPSA) is 90.1 Å². The van der Waals surface area contributed by atoms with Crippen LogP contribution >= 0.6 is 22.9 Å². The van der Waals surface area contributed by atoms with Gasteiger partial charge in [0.25, 0.3) is 0 Å². The summed E-state index contributed by atoms with van der Waals surface area (Å²) in [5, 5.41) is 21.2. The van der Waals surface area contributed by atoms with Crippen LogP contribution in [0.4, 0.5) is 0 Å². The molecule has 1 aliphatic rings. The molecule has 7 nitrogen and oxygen atoms in total. The standard InChI is InChI=1S/C12H13ClN4O3S/c13-9-2-1-8(21-9)10-14-15-16-17(10)7-12(11(18)19)3-5-20-6-4-12/h1-2H,3-7H2,(H,18,19). The summed E-state index contributed by atoms with van der Waals surface area (Å²) in [6.07, 6.45) is 0.902. The first kappa shape index (κ1) is 14.4. The fourth-order valence-electron chi connectivity index (χ4n) is 2.41. The number of hydrogen-bond acceptors (Lipinski definition) is 6. The minimum Gasteiger partial charge on any atom is -0.481 e. The van der Waals surface area contributed by atoms with E-state index in [4.69, 9.17) is 16.3 Å². The maximum atomic E-state index is 11.7. The number of thiophene rings is 1. The fourth-order valence-corrected chi connectivity index (χ4v) is 3.44. The Labute approximate surface area is 129 Å². The lowest BCUT2D eigenvalue weighted by Crippen LogP contribution is -2.41. The average molecular weight is 329 g/mol. The van der Waals surface area contributed by atoms with E-state index in [0.29, 0.717) is 36.2 Å². The summed E-state index contributed by atoms with van der Waals surface area (Å²) in [6.45, 7) is 1.10. The van der Waals surface area contributed by atoms with Gasteiger partial charge in [-0.3, -0.25) is 4.79 Å². The maximum absolute atomic E-state index is 11.7. The lowest BCUT2D eigenvalue weighted by atomic mass is 9.80. The SMILES string of the molecule is O=C(O)C1(Cn2nnnc2-c2ccc(Cl)s2)CCOCC1. The van der Waals surface area contributed by atoms with Crippen LogP contribution in [0.5, 0.6) is 0 Å². The van der Waals surface area contributed by atoms with Crippen LogP contribution in [0.2, 0.25) is 4.34 Å². The molecule has 0 aromatic carbocycles. The van der Waals surface area contributed by atoms with Crippen molar-refractivity contribution in [3.63, 3.8) is 0 Å². The first-order valence-corrected chi connectivity index (χ1v) is 7.63. The molecular formula is C12H13ClN4O3S. The molecule has 0 spiro atoms. The summed E-state index contributed by atoms with van der Waals surface area (Å²) in [6, 6.07) is 3.59. The molecule has 0 bridgehead atoms. The van der Waals surface area contributed by atoms with Gasteiger partial charge in [0.1, 0.15) is 0 Å². The fraction of sp³-hybridized carbons (Fsp3) is 0.500. The molecule has 21 heavy (non-hydrogen) atoms. The van der Waals surface area contributed by atoms with Gasteiger partial charge in [-0.05, 0) is 35.4 Å². The summed E-state index contributed by atoms with van der Waals surface area (Å²) in [5.74, 6) is -0.296. The Kier molecular flexibility index (Phi) is 3.92. The van der Waals surface area contributed by atoms with Crippen molar-refractivity contribution in [2.24, 2.45) is 5.41 Å². The monoisotopic (exact) mass is 328 g/mol. The van der Waals surface area contributed by atoms with Crippen molar-refractivity contribution >= 4 is 28.9 Å². The number of halogens is 1. The second kappa shape index (κ2) is 5.70. The molecule has 1 aliphatic heterocycles. The number of ether oxygens (including phenoxy) is 1. The zero-order valence-corrected chi connectivity index (χ0v) is 12.6. The Morgan fingerprint density at radius 1 is 1.48 bits per heavy atom. The molecule has 0 atom stereocenters. The van der Waals surface area contributed by atoms with E-state index in [1.54, 1.807) is 10.7 Å². The van der Waals surface area contributed by atoms with E-state index < -0.39 is 11.4 Å². The van der Waals surface area contributed by atoms with Gasteiger partial charge >= 0.3 is 5.97 Å². The molecule has 3 rings (SSSR count). The van der Waals surface area contributed by atoms with Gasteiger partial charge in [0, 0.05) is 13.2 Å². The molecule has 0 radical (unpaired) electrons. The van der Waals surface area contributed by atoms with E-state index in [1.807, 2.05) is 6.07 Å². The molecule has 0 saturated carbocycles. The van der Waals surface area contributed by atoms with E-state index in [-0.39, 0.29) is 6.54 Å². The van der Waals surface area contributed by atoms with Crippen LogP contribution in [0.1, 0.15) is 12.8 Å². The van der Waals surface area contributed by atoms with Crippen molar-refractivity contribution in [1.82, 2.24) is 20.2 Å². The van der Waals surface area contributed by atoms with Gasteiger partial charge in [-0.2, -0.15) is 0 Å². The predicted octanol–water partition coefficient (Wildman–Crippen LogP) is 1.94. The molecule has 1 saturated heterocycles. The molecule has 1 N–H and O–H groups in total. The summed E-state index contributed by atoms with van der Waals surface area (Å²) in [5.41, 5.74) is -0.885. The van der Waals surface area contributed by atoms with Gasteiger partial charge in [-0.25, -0.2) is 4.68 Å². The van der Waals surface area contributed by atoms with Gasteiger partial charge in [-0.15, -0.1) is 16.4 Å². The molecule has 0 unspecified atom stereocenters. The van der Waals surface area contributed by atoms with Gasteiger partial charge < -0.3 is 9.84 Å². The summed E-state index contributed by atoms with van der Waals surface area (Å²) in [4.78, 5) is 12.5. The zero-order chi connectivity index (χ0) is 14.9. The van der Waals surface area contributed by atoms with Crippen LogP contribution in [0.3, 0.4) is 0 Å². The Bertz CT molecular complexity index is 650. The van der Waals surface area contributed by atoms with Crippen LogP contribution in [-0.4, -0.2) is 44.5 Å². The van der Waals surface area contributed by atoms with E-state index in [1.165, 1.54) is 11.3 Å². The van der Waals surface area contributed by atoms with Crippen LogP contribution < -0.4 is 0 Å². The number of hydrogen-bond donors (Lipinski definition) is 1. The number of nitrogens with zero attached hydrogens (tertiary/aromatic N) is 4. The first-order chi connectivity index (χ1) is 10.1. The molecule has 0 aliphatic carbocycles. The number of rotatable bonds is 4. The third-order valence-corrected chi connectivity index (χ3v) is 4.91. The van der Waals surface area contributed by atoms with Crippen molar-refractivity contribution in [2.45, 2.75) is 19.4 Å². The average Bonchev–Trinajstić information content (AvgIpc) is 3.08. The van der Waals surface area contributed by atoms with E-state index in [9.17, 15) is 9.90 Å². The number of carboxylic acid groups (broad SMARTS) is 1. The smallest absolute Gasteiger partial charge is 0.311 e. The second-order valence-corrected chi connectivity index (χ2v) is 6.68. The normalized spacial score (nSPS) is 17.8. The largest absolute Gasteiger partial charge is 0.481 e. The Balaban J connectivity index is 1.91. The Morgan fingerprint density at radius 3 is 2.86 bits per heavy atom. The van der Waals surface area contributed by atoms with Crippen LogP contribution in [0, 0.1) is 5.41 Å². The first-order valence-electron chi connectivity index (χ1n) is 6.44. The lowest BCUT2D eigenvalue weighted by molar-refractivity contribution is -0.156. The van der Waals surface area contributed by atoms with Crippen molar-refractivity contribution in [3.05, 3.63) is 16.5 Å². The van der Waals surface area contributed by atoms with E-state index >= 15 is 0 Å². The van der Waals surface area contributed by atoms with Crippen molar-refractivity contribution in [3.8, 4) is 10.7 Å². The highest BCUT2D eigenvalue weighted by atomic mass is 35.5. The maximum Gasteiger partial charge on any atom is 0.311 e. The van der Waals surface area contributed by atoms with Crippen molar-refractivity contribution in [1.29, 1.82) is 0 Å². The highest BCUT2D eigenvalue weighted by Crippen LogP contribution is 2.35. The minimum atomic E-state index is -0.885. The van der Waals surface area contributed by atoms with Gasteiger partial charge in [-0.1, -0.05) is 11.6 Å². The number of tetrazole rings is 1. The lowest BCUT2D eigenvalue weighted by Gasteiger charge is -2.32. The predicted molar refractivity (Wildman–Crippen MR) is 76.3 cm³/mol. The van der Waals surface area contributed by atoms with Crippen molar-refractivity contribution < 1.29 is 14.6 Å². The molecule has 0 amide bonds. The number of aliphatic carboxylic acids is 1.